The lowest BCUT2D eigenvalue weighted by Crippen LogP contribution is -2.14. The largest absolute Gasteiger partial charge is 0.313 e. The molecule has 132 valence electrons. The molecule has 0 spiro atoms. The minimum absolute atomic E-state index is 0.0828. The third-order valence-electron chi connectivity index (χ3n) is 3.91. The number of rotatable bonds is 5. The van der Waals surface area contributed by atoms with Gasteiger partial charge in [-0.15, -0.1) is 17.9 Å². The van der Waals surface area contributed by atoms with E-state index in [9.17, 15) is 10.1 Å². The Labute approximate surface area is 155 Å². The molecular weight excluding hydrogens is 346 g/mol. The number of allylic oxidation sites excluding steroid dienone is 1. The van der Waals surface area contributed by atoms with Gasteiger partial charge < -0.3 is 4.57 Å². The Hall–Kier alpha value is -2.99. The van der Waals surface area contributed by atoms with Crippen molar-refractivity contribution in [2.24, 2.45) is 4.99 Å². The molecule has 2 aromatic carbocycles. The van der Waals surface area contributed by atoms with Crippen LogP contribution in [0.2, 0.25) is 0 Å². The van der Waals surface area contributed by atoms with Crippen molar-refractivity contribution in [1.29, 1.82) is 0 Å². The molecule has 0 atom stereocenters. The highest BCUT2D eigenvalue weighted by atomic mass is 32.1. The molecule has 0 saturated heterocycles. The van der Waals surface area contributed by atoms with Crippen LogP contribution in [0.25, 0.3) is 11.3 Å². The van der Waals surface area contributed by atoms with Crippen molar-refractivity contribution in [1.82, 2.24) is 4.57 Å². The van der Waals surface area contributed by atoms with Crippen LogP contribution < -0.4 is 4.80 Å². The van der Waals surface area contributed by atoms with Gasteiger partial charge in [0, 0.05) is 24.1 Å². The van der Waals surface area contributed by atoms with E-state index in [4.69, 9.17) is 4.99 Å². The first-order valence-corrected chi connectivity index (χ1v) is 9.03. The van der Waals surface area contributed by atoms with E-state index in [1.165, 1.54) is 23.3 Å². The van der Waals surface area contributed by atoms with Gasteiger partial charge in [-0.3, -0.25) is 10.1 Å². The van der Waals surface area contributed by atoms with Crippen LogP contribution in [-0.4, -0.2) is 9.49 Å². The van der Waals surface area contributed by atoms with Crippen LogP contribution in [-0.2, 0) is 6.54 Å². The molecule has 6 heteroatoms. The summed E-state index contributed by atoms with van der Waals surface area (Å²) in [6.45, 7) is 8.56. The molecule has 0 unspecified atom stereocenters. The molecule has 0 aliphatic rings. The number of benzene rings is 2. The minimum Gasteiger partial charge on any atom is -0.313 e. The molecule has 3 rings (SSSR count). The number of thiazole rings is 1. The lowest BCUT2D eigenvalue weighted by Gasteiger charge is -2.07. The molecule has 0 aliphatic heterocycles. The van der Waals surface area contributed by atoms with Crippen LogP contribution in [0, 0.1) is 24.0 Å². The Balaban J connectivity index is 2.10. The Morgan fingerprint density at radius 2 is 1.85 bits per heavy atom. The van der Waals surface area contributed by atoms with Gasteiger partial charge in [-0.25, -0.2) is 4.99 Å². The summed E-state index contributed by atoms with van der Waals surface area (Å²) in [6, 6.07) is 12.8. The predicted octanol–water partition coefficient (Wildman–Crippen LogP) is 5.16. The standard InChI is InChI=1S/C20H19N3O2S/c1-4-9-22-19(16-5-7-18(8-6-16)23(24)25)13-26-20(22)21-17-11-14(2)10-15(3)12-17/h4-8,10-13H,1,9H2,2-3H3. The first-order valence-electron chi connectivity index (χ1n) is 8.15. The van der Waals surface area contributed by atoms with Gasteiger partial charge in [0.25, 0.3) is 5.69 Å². The van der Waals surface area contributed by atoms with Crippen LogP contribution >= 0.6 is 11.3 Å². The van der Waals surface area contributed by atoms with Gasteiger partial charge in [0.2, 0.25) is 0 Å². The summed E-state index contributed by atoms with van der Waals surface area (Å²) in [5.41, 5.74) is 5.22. The van der Waals surface area contributed by atoms with Crippen LogP contribution in [0.4, 0.5) is 11.4 Å². The fraction of sp³-hybridized carbons (Fsp3) is 0.150. The summed E-state index contributed by atoms with van der Waals surface area (Å²) >= 11 is 1.54. The highest BCUT2D eigenvalue weighted by Gasteiger charge is 2.10. The van der Waals surface area contributed by atoms with Crippen molar-refractivity contribution in [2.75, 3.05) is 0 Å². The smallest absolute Gasteiger partial charge is 0.269 e. The number of aryl methyl sites for hydroxylation is 2. The number of aromatic nitrogens is 1. The van der Waals surface area contributed by atoms with Gasteiger partial charge in [0.15, 0.2) is 4.80 Å². The molecule has 0 radical (unpaired) electrons. The zero-order chi connectivity index (χ0) is 18.7. The Kier molecular flexibility index (Phi) is 5.14. The van der Waals surface area contributed by atoms with Gasteiger partial charge >= 0.3 is 0 Å². The summed E-state index contributed by atoms with van der Waals surface area (Å²) in [5, 5.41) is 12.9. The van der Waals surface area contributed by atoms with Crippen molar-refractivity contribution >= 4 is 22.7 Å². The number of non-ortho nitro benzene ring substituents is 1. The van der Waals surface area contributed by atoms with Crippen molar-refractivity contribution in [3.8, 4) is 11.3 Å². The second-order valence-electron chi connectivity index (χ2n) is 6.06. The van der Waals surface area contributed by atoms with Gasteiger partial charge in [0.1, 0.15) is 0 Å². The molecule has 0 amide bonds. The van der Waals surface area contributed by atoms with E-state index in [0.717, 1.165) is 21.7 Å². The maximum Gasteiger partial charge on any atom is 0.269 e. The summed E-state index contributed by atoms with van der Waals surface area (Å²) < 4.78 is 2.07. The first-order chi connectivity index (χ1) is 12.5. The molecule has 0 N–H and O–H groups in total. The number of hydrogen-bond donors (Lipinski definition) is 0. The van der Waals surface area contributed by atoms with E-state index >= 15 is 0 Å². The van der Waals surface area contributed by atoms with E-state index in [-0.39, 0.29) is 5.69 Å². The zero-order valence-electron chi connectivity index (χ0n) is 14.7. The molecular formula is C20H19N3O2S. The van der Waals surface area contributed by atoms with Gasteiger partial charge in [-0.05, 0) is 54.8 Å². The summed E-state index contributed by atoms with van der Waals surface area (Å²) in [5.74, 6) is 0. The van der Waals surface area contributed by atoms with Crippen LogP contribution in [0.15, 0.2) is 65.5 Å². The second-order valence-corrected chi connectivity index (χ2v) is 6.90. The molecule has 5 nitrogen and oxygen atoms in total. The lowest BCUT2D eigenvalue weighted by molar-refractivity contribution is -0.384. The van der Waals surface area contributed by atoms with E-state index in [1.54, 1.807) is 23.5 Å². The molecule has 0 aliphatic carbocycles. The monoisotopic (exact) mass is 365 g/mol. The first kappa shape index (κ1) is 17.8. The maximum atomic E-state index is 10.9. The highest BCUT2D eigenvalue weighted by Crippen LogP contribution is 2.24. The second kappa shape index (κ2) is 7.49. The molecule has 0 fully saturated rings. The minimum atomic E-state index is -0.393. The summed E-state index contributed by atoms with van der Waals surface area (Å²) in [6.07, 6.45) is 1.82. The molecule has 0 bridgehead atoms. The Morgan fingerprint density at radius 3 is 2.42 bits per heavy atom. The highest BCUT2D eigenvalue weighted by molar-refractivity contribution is 7.07. The summed E-state index contributed by atoms with van der Waals surface area (Å²) in [7, 11) is 0. The fourth-order valence-electron chi connectivity index (χ4n) is 2.83. The van der Waals surface area contributed by atoms with Crippen molar-refractivity contribution in [2.45, 2.75) is 20.4 Å². The topological polar surface area (TPSA) is 60.4 Å². The van der Waals surface area contributed by atoms with E-state index < -0.39 is 4.92 Å². The van der Waals surface area contributed by atoms with Gasteiger partial charge in [-0.2, -0.15) is 0 Å². The van der Waals surface area contributed by atoms with Crippen molar-refractivity contribution < 1.29 is 4.92 Å². The fourth-order valence-corrected chi connectivity index (χ4v) is 3.77. The Morgan fingerprint density at radius 1 is 1.19 bits per heavy atom. The number of hydrogen-bond acceptors (Lipinski definition) is 4. The van der Waals surface area contributed by atoms with E-state index in [0.29, 0.717) is 6.54 Å². The van der Waals surface area contributed by atoms with Gasteiger partial charge in [0.05, 0.1) is 16.3 Å². The number of nitro groups is 1. The average Bonchev–Trinajstić information content (AvgIpc) is 2.97. The number of nitro benzene ring substituents is 1. The quantitative estimate of drug-likeness (QED) is 0.356. The average molecular weight is 365 g/mol. The lowest BCUT2D eigenvalue weighted by atomic mass is 10.1. The Bertz CT molecular complexity index is 1010. The van der Waals surface area contributed by atoms with Crippen LogP contribution in [0.3, 0.4) is 0 Å². The molecule has 3 aromatic rings. The normalized spacial score (nSPS) is 11.5. The summed E-state index contributed by atoms with van der Waals surface area (Å²) in [4.78, 5) is 16.1. The van der Waals surface area contributed by atoms with E-state index in [2.05, 4.69) is 43.2 Å². The molecule has 1 heterocycles. The van der Waals surface area contributed by atoms with E-state index in [1.807, 2.05) is 11.5 Å². The molecule has 26 heavy (non-hydrogen) atoms. The van der Waals surface area contributed by atoms with Crippen molar-refractivity contribution in [3.05, 3.63) is 86.5 Å². The maximum absolute atomic E-state index is 10.9. The third-order valence-corrected chi connectivity index (χ3v) is 4.78. The molecule has 1 aromatic heterocycles. The predicted molar refractivity (Wildman–Crippen MR) is 106 cm³/mol. The SMILES string of the molecule is C=CCn1c(-c2ccc([N+](=O)[O-])cc2)csc1=Nc1cc(C)cc(C)c1. The van der Waals surface area contributed by atoms with Crippen molar-refractivity contribution in [3.63, 3.8) is 0 Å². The van der Waals surface area contributed by atoms with Gasteiger partial charge in [-0.1, -0.05) is 12.1 Å². The van der Waals surface area contributed by atoms with Crippen LogP contribution in [0.5, 0.6) is 0 Å². The molecule has 0 saturated carbocycles. The zero-order valence-corrected chi connectivity index (χ0v) is 15.5. The number of nitrogens with zero attached hydrogens (tertiary/aromatic N) is 3. The van der Waals surface area contributed by atoms with Crippen LogP contribution in [0.1, 0.15) is 11.1 Å². The third kappa shape index (κ3) is 3.81.